The van der Waals surface area contributed by atoms with E-state index in [0.29, 0.717) is 0 Å². The monoisotopic (exact) mass is 814 g/mol. The van der Waals surface area contributed by atoms with Crippen molar-refractivity contribution in [2.45, 2.75) is 86.5 Å². The third-order valence-electron chi connectivity index (χ3n) is 8.28. The van der Waals surface area contributed by atoms with Crippen molar-refractivity contribution in [1.29, 1.82) is 0 Å². The number of hydrogen-bond acceptors (Lipinski definition) is 0. The van der Waals surface area contributed by atoms with Crippen molar-refractivity contribution in [3.63, 3.8) is 0 Å². The van der Waals surface area contributed by atoms with Gasteiger partial charge >= 0.3 is 112 Å². The van der Waals surface area contributed by atoms with E-state index in [9.17, 15) is 0 Å². The Morgan fingerprint density at radius 3 is 1.30 bits per heavy atom. The van der Waals surface area contributed by atoms with E-state index in [0.717, 1.165) is 30.3 Å². The molecule has 0 bridgehead atoms. The van der Waals surface area contributed by atoms with Gasteiger partial charge in [-0.15, -0.1) is 46.2 Å². The van der Waals surface area contributed by atoms with Crippen LogP contribution in [0.4, 0.5) is 0 Å². The van der Waals surface area contributed by atoms with E-state index < -0.39 is 0 Å². The van der Waals surface area contributed by atoms with Gasteiger partial charge in [0, 0.05) is 0 Å². The summed E-state index contributed by atoms with van der Waals surface area (Å²) in [6.07, 6.45) is 10.0. The van der Waals surface area contributed by atoms with Crippen molar-refractivity contribution < 1.29 is 48.7 Å². The second-order valence-corrected chi connectivity index (χ2v) is 16.1. The summed E-state index contributed by atoms with van der Waals surface area (Å²) in [6, 6.07) is 29.5. The molecule has 0 fully saturated rings. The van der Waals surface area contributed by atoms with Gasteiger partial charge in [-0.05, 0) is 24.7 Å². The average molecular weight is 814 g/mol. The first-order chi connectivity index (χ1) is 20.6. The first-order valence-corrected chi connectivity index (χ1v) is 17.5. The van der Waals surface area contributed by atoms with Crippen LogP contribution in [-0.4, -0.2) is 3.26 Å². The number of hydrogen-bond donors (Lipinski definition) is 0. The van der Waals surface area contributed by atoms with Crippen molar-refractivity contribution >= 4 is 24.8 Å². The third-order valence-corrected chi connectivity index (χ3v) is 10.4. The Kier molecular flexibility index (Phi) is 14.3. The van der Waals surface area contributed by atoms with Gasteiger partial charge in [-0.2, -0.15) is 6.08 Å². The number of benzene rings is 4. The molecule has 0 unspecified atom stereocenters. The maximum Gasteiger partial charge on any atom is -0.109 e. The molecule has 0 amide bonds. The van der Waals surface area contributed by atoms with Gasteiger partial charge in [0.1, 0.15) is 0 Å². The number of aryl methyl sites for hydroxylation is 4. The minimum Gasteiger partial charge on any atom is -1.00 e. The summed E-state index contributed by atoms with van der Waals surface area (Å²) in [6.45, 7) is 22.5. The minimum absolute atomic E-state index is 0. The van der Waals surface area contributed by atoms with Crippen molar-refractivity contribution in [1.82, 2.24) is 0 Å². The fraction of sp³-hybridized carbons (Fsp3) is 0.302. The number of rotatable bonds is 2. The zero-order valence-corrected chi connectivity index (χ0v) is 34.3. The topological polar surface area (TPSA) is 0 Å². The van der Waals surface area contributed by atoms with Crippen molar-refractivity contribution in [3.05, 3.63) is 148 Å². The second kappa shape index (κ2) is 16.6. The molecule has 1 aliphatic rings. The van der Waals surface area contributed by atoms with Crippen LogP contribution in [0.15, 0.2) is 97.1 Å². The van der Waals surface area contributed by atoms with Gasteiger partial charge in [-0.1, -0.05) is 75.9 Å². The Labute approximate surface area is 305 Å². The molecule has 0 spiro atoms. The SMILES string of the molecule is Cc1cc2[cH-]c3cc(C)c(C(C)(C)C)cc3c2cc1C(C)(C)C.Cc1ccc([C](=[Hf+2])c2ccc(C)cc2)cc1.[C-]1=CC=CC1.[Cl-].[Cl-]. The second-order valence-electron chi connectivity index (χ2n) is 14.3. The summed E-state index contributed by atoms with van der Waals surface area (Å²) in [5.74, 6) is 0. The maximum atomic E-state index is 2.99. The molecular weight excluding hydrogens is 766 g/mol. The fourth-order valence-corrected chi connectivity index (χ4v) is 7.09. The van der Waals surface area contributed by atoms with Crippen molar-refractivity contribution in [2.24, 2.45) is 0 Å². The first kappa shape index (κ1) is 39.7. The maximum absolute atomic E-state index is 2.99. The molecule has 5 aromatic rings. The molecule has 3 heteroatoms. The Morgan fingerprint density at radius 2 is 1.02 bits per heavy atom. The normalized spacial score (nSPS) is 12.1. The van der Waals surface area contributed by atoms with E-state index in [4.69, 9.17) is 0 Å². The zero-order chi connectivity index (χ0) is 32.2. The van der Waals surface area contributed by atoms with Gasteiger partial charge in [0.2, 0.25) is 0 Å². The molecule has 240 valence electrons. The molecule has 0 aliphatic heterocycles. The largest absolute Gasteiger partial charge is 1.00 e. The van der Waals surface area contributed by atoms with Crippen LogP contribution >= 0.6 is 0 Å². The van der Waals surface area contributed by atoms with Crippen LogP contribution in [0, 0.1) is 33.8 Å². The van der Waals surface area contributed by atoms with E-state index in [1.165, 1.54) is 69.3 Å². The van der Waals surface area contributed by atoms with Gasteiger partial charge in [0.05, 0.1) is 0 Å². The zero-order valence-electron chi connectivity index (χ0n) is 29.2. The van der Waals surface area contributed by atoms with E-state index in [1.54, 1.807) is 0 Å². The van der Waals surface area contributed by atoms with Crippen LogP contribution < -0.4 is 24.8 Å². The molecule has 0 heterocycles. The predicted molar refractivity (Wildman–Crippen MR) is 191 cm³/mol. The summed E-state index contributed by atoms with van der Waals surface area (Å²) in [5, 5.41) is 5.55. The smallest absolute Gasteiger partial charge is 0.109 e. The standard InChI is InChI=1S/C23H29.C15H14.C5H5.2ClH.Hf/c1-14-9-16-11-17-10-15(2)21(23(6,7)8)13-19(17)18(16)12-20(14)22(3,4)5;1-12-3-7-14(8-4-12)11-15-9-5-13(2)6-10-15;1-2-4-5-3-1;;;/h9-13H,1-8H3;3-10H,1-2H3;1-3H,4H2;2*1H;/q-1;;-1;;;+2/p-2. The summed E-state index contributed by atoms with van der Waals surface area (Å²) >= 11 is 1.08. The number of halogens is 2. The molecule has 0 saturated carbocycles. The van der Waals surface area contributed by atoms with Crippen molar-refractivity contribution in [2.75, 3.05) is 0 Å². The Hall–Kier alpha value is -2.45. The Bertz CT molecular complexity index is 1690. The number of fused-ring (bicyclic) bond motifs is 3. The molecular formula is C43H48Cl2Hf-2. The number of allylic oxidation sites excluding steroid dienone is 4. The summed E-state index contributed by atoms with van der Waals surface area (Å²) in [4.78, 5) is 0. The van der Waals surface area contributed by atoms with Crippen LogP contribution in [-0.2, 0) is 34.7 Å². The van der Waals surface area contributed by atoms with Crippen molar-refractivity contribution in [3.8, 4) is 0 Å². The summed E-state index contributed by atoms with van der Waals surface area (Å²) in [5.41, 5.74) is 11.4. The van der Waals surface area contributed by atoms with E-state index >= 15 is 0 Å². The fourth-order valence-electron chi connectivity index (χ4n) is 5.90. The molecule has 46 heavy (non-hydrogen) atoms. The molecule has 5 aromatic carbocycles. The van der Waals surface area contributed by atoms with E-state index in [1.807, 2.05) is 12.2 Å². The summed E-state index contributed by atoms with van der Waals surface area (Å²) < 4.78 is 1.47. The van der Waals surface area contributed by atoms with Gasteiger partial charge < -0.3 is 24.8 Å². The van der Waals surface area contributed by atoms with E-state index in [2.05, 4.69) is 160 Å². The predicted octanol–water partition coefficient (Wildman–Crippen LogP) is 5.66. The van der Waals surface area contributed by atoms with Gasteiger partial charge in [0.15, 0.2) is 0 Å². The molecule has 0 atom stereocenters. The van der Waals surface area contributed by atoms with Crippen LogP contribution in [0.1, 0.15) is 92.5 Å². The minimum atomic E-state index is 0. The molecule has 0 aromatic heterocycles. The molecule has 1 aliphatic carbocycles. The Morgan fingerprint density at radius 1 is 0.630 bits per heavy atom. The Balaban J connectivity index is 0.000000278. The molecule has 0 saturated heterocycles. The van der Waals surface area contributed by atoms with Crippen LogP contribution in [0.25, 0.3) is 21.5 Å². The van der Waals surface area contributed by atoms with E-state index in [-0.39, 0.29) is 35.6 Å². The van der Waals surface area contributed by atoms with Crippen LogP contribution in [0.3, 0.4) is 0 Å². The van der Waals surface area contributed by atoms with Gasteiger partial charge in [-0.3, -0.25) is 6.08 Å². The average Bonchev–Trinajstić information content (AvgIpc) is 3.63. The first-order valence-electron chi connectivity index (χ1n) is 15.7. The van der Waals surface area contributed by atoms with Gasteiger partial charge in [0.25, 0.3) is 0 Å². The molecule has 0 nitrogen and oxygen atoms in total. The van der Waals surface area contributed by atoms with Crippen LogP contribution in [0.2, 0.25) is 0 Å². The summed E-state index contributed by atoms with van der Waals surface area (Å²) in [7, 11) is 0. The third kappa shape index (κ3) is 10.0. The molecule has 6 rings (SSSR count). The van der Waals surface area contributed by atoms with Gasteiger partial charge in [-0.25, -0.2) is 12.2 Å². The molecule has 0 radical (unpaired) electrons. The van der Waals surface area contributed by atoms with Crippen LogP contribution in [0.5, 0.6) is 0 Å². The molecule has 0 N–H and O–H groups in total. The quantitative estimate of drug-likeness (QED) is 0.160.